The second-order valence-corrected chi connectivity index (χ2v) is 8.69. The zero-order valence-electron chi connectivity index (χ0n) is 16.1. The maximum absolute atomic E-state index is 12.0. The molecule has 3 aromatic carbocycles. The van der Waals surface area contributed by atoms with Crippen molar-refractivity contribution < 1.29 is 4.79 Å². The molecule has 144 valence electrons. The van der Waals surface area contributed by atoms with Crippen molar-refractivity contribution >= 4 is 33.4 Å². The number of hydrogen-bond acceptors (Lipinski definition) is 4. The number of nitrogens with zero attached hydrogens (tertiary/aromatic N) is 1. The third-order valence-electron chi connectivity index (χ3n) is 5.77. The van der Waals surface area contributed by atoms with Crippen LogP contribution in [0.25, 0.3) is 21.9 Å². The minimum atomic E-state index is 0.738. The molecule has 1 aromatic heterocycles. The summed E-state index contributed by atoms with van der Waals surface area (Å²) in [5, 5.41) is 2.88. The van der Waals surface area contributed by atoms with Gasteiger partial charge in [-0.2, -0.15) is 0 Å². The van der Waals surface area contributed by atoms with Gasteiger partial charge in [-0.3, -0.25) is 9.69 Å². The molecule has 2 N–H and O–H groups in total. The van der Waals surface area contributed by atoms with Gasteiger partial charge in [0.1, 0.15) is 0 Å². The molecule has 0 atom stereocenters. The normalized spacial score (nSPS) is 14.1. The van der Waals surface area contributed by atoms with Crippen molar-refractivity contribution in [2.24, 2.45) is 0 Å². The van der Waals surface area contributed by atoms with Crippen molar-refractivity contribution in [1.82, 2.24) is 4.90 Å². The third-order valence-corrected chi connectivity index (χ3v) is 6.82. The Hall–Kier alpha value is -2.95. The Bertz CT molecular complexity index is 1200. The molecule has 0 spiro atoms. The van der Waals surface area contributed by atoms with Crippen LogP contribution in [0.5, 0.6) is 0 Å². The molecule has 4 aromatic rings. The first kappa shape index (κ1) is 18.1. The van der Waals surface area contributed by atoms with Crippen LogP contribution in [0.15, 0.2) is 66.7 Å². The number of carbonyl (C=O) groups is 1. The maximum atomic E-state index is 12.0. The van der Waals surface area contributed by atoms with Gasteiger partial charge in [-0.05, 0) is 33.9 Å². The van der Waals surface area contributed by atoms with E-state index >= 15 is 0 Å². The highest BCUT2D eigenvalue weighted by Gasteiger charge is 2.25. The van der Waals surface area contributed by atoms with Crippen LogP contribution < -0.4 is 5.73 Å². The third kappa shape index (κ3) is 3.24. The van der Waals surface area contributed by atoms with Crippen molar-refractivity contribution in [3.05, 3.63) is 88.3 Å². The van der Waals surface area contributed by atoms with Crippen molar-refractivity contribution in [3.63, 3.8) is 0 Å². The molecule has 0 amide bonds. The Labute approximate surface area is 174 Å². The van der Waals surface area contributed by atoms with E-state index in [9.17, 15) is 4.79 Å². The van der Waals surface area contributed by atoms with E-state index in [0.29, 0.717) is 0 Å². The van der Waals surface area contributed by atoms with Gasteiger partial charge >= 0.3 is 0 Å². The summed E-state index contributed by atoms with van der Waals surface area (Å²) in [5.41, 5.74) is 11.9. The van der Waals surface area contributed by atoms with Crippen LogP contribution in [0.3, 0.4) is 0 Å². The molecule has 0 bridgehead atoms. The molecular formula is C25H22N2OS. The monoisotopic (exact) mass is 398 g/mol. The van der Waals surface area contributed by atoms with Gasteiger partial charge < -0.3 is 5.73 Å². The van der Waals surface area contributed by atoms with Crippen molar-refractivity contribution in [2.75, 3.05) is 12.3 Å². The van der Waals surface area contributed by atoms with Crippen molar-refractivity contribution in [2.45, 2.75) is 19.5 Å². The molecular weight excluding hydrogens is 376 g/mol. The predicted molar refractivity (Wildman–Crippen MR) is 121 cm³/mol. The molecule has 0 saturated heterocycles. The van der Waals surface area contributed by atoms with Crippen LogP contribution >= 0.6 is 11.3 Å². The number of nitrogen functional groups attached to an aromatic ring is 1. The van der Waals surface area contributed by atoms with Gasteiger partial charge in [0.15, 0.2) is 6.29 Å². The number of fused-ring (bicyclic) bond motifs is 2. The fourth-order valence-electron chi connectivity index (χ4n) is 4.39. The average molecular weight is 399 g/mol. The van der Waals surface area contributed by atoms with Crippen molar-refractivity contribution in [3.8, 4) is 11.1 Å². The largest absolute Gasteiger partial charge is 0.390 e. The van der Waals surface area contributed by atoms with Crippen LogP contribution in [0.2, 0.25) is 0 Å². The van der Waals surface area contributed by atoms with Gasteiger partial charge in [-0.1, -0.05) is 66.7 Å². The molecule has 0 aliphatic carbocycles. The minimum Gasteiger partial charge on any atom is -0.390 e. The van der Waals surface area contributed by atoms with E-state index in [1.165, 1.54) is 16.0 Å². The summed E-state index contributed by atoms with van der Waals surface area (Å²) in [7, 11) is 0. The topological polar surface area (TPSA) is 46.3 Å². The summed E-state index contributed by atoms with van der Waals surface area (Å²) in [5.74, 6) is 0. The van der Waals surface area contributed by atoms with E-state index in [-0.39, 0.29) is 0 Å². The van der Waals surface area contributed by atoms with E-state index in [4.69, 9.17) is 5.73 Å². The lowest BCUT2D eigenvalue weighted by Crippen LogP contribution is -2.29. The van der Waals surface area contributed by atoms with E-state index in [2.05, 4.69) is 47.4 Å². The Kier molecular flexibility index (Phi) is 4.66. The molecule has 3 nitrogen and oxygen atoms in total. The zero-order chi connectivity index (χ0) is 19.8. The Balaban J connectivity index is 1.53. The highest BCUT2D eigenvalue weighted by atomic mass is 32.1. The number of aldehydes is 1. The number of hydrogen-bond donors (Lipinski definition) is 1. The second kappa shape index (κ2) is 7.47. The molecule has 0 radical (unpaired) electrons. The van der Waals surface area contributed by atoms with Crippen LogP contribution in [-0.4, -0.2) is 17.7 Å². The quantitative estimate of drug-likeness (QED) is 0.460. The molecule has 4 heteroatoms. The number of carbonyl (C=O) groups excluding carboxylic acids is 1. The molecule has 29 heavy (non-hydrogen) atoms. The number of nitrogens with two attached hydrogens (primary N) is 1. The van der Waals surface area contributed by atoms with E-state index < -0.39 is 0 Å². The fraction of sp³-hybridized carbons (Fsp3) is 0.160. The lowest BCUT2D eigenvalue weighted by molar-refractivity contribution is 0.112. The summed E-state index contributed by atoms with van der Waals surface area (Å²) in [6.45, 7) is 2.85. The van der Waals surface area contributed by atoms with E-state index in [1.807, 2.05) is 24.3 Å². The van der Waals surface area contributed by atoms with Crippen LogP contribution in [0, 0.1) is 0 Å². The molecule has 0 fully saturated rings. The van der Waals surface area contributed by atoms with Gasteiger partial charge in [-0.25, -0.2) is 0 Å². The first-order valence-corrected chi connectivity index (χ1v) is 10.7. The summed E-state index contributed by atoms with van der Waals surface area (Å²) < 4.78 is 0. The van der Waals surface area contributed by atoms with Gasteiger partial charge in [0.05, 0.1) is 5.00 Å². The maximum Gasteiger partial charge on any atom is 0.151 e. The SMILES string of the molecule is Nc1sc2c(c1-c1ccc3ccccc3c1C=O)CCN(Cc1ccccc1)C2. The van der Waals surface area contributed by atoms with Crippen LogP contribution in [0.1, 0.15) is 26.4 Å². The number of anilines is 1. The first-order valence-electron chi connectivity index (χ1n) is 9.88. The van der Waals surface area contributed by atoms with E-state index in [0.717, 1.165) is 64.8 Å². The van der Waals surface area contributed by atoms with Gasteiger partial charge in [-0.15, -0.1) is 11.3 Å². The van der Waals surface area contributed by atoms with Crippen LogP contribution in [-0.2, 0) is 19.5 Å². The fourth-order valence-corrected chi connectivity index (χ4v) is 5.57. The van der Waals surface area contributed by atoms with Gasteiger partial charge in [0.2, 0.25) is 0 Å². The minimum absolute atomic E-state index is 0.738. The summed E-state index contributed by atoms with van der Waals surface area (Å²) >= 11 is 1.67. The number of benzene rings is 3. The second-order valence-electron chi connectivity index (χ2n) is 7.56. The summed E-state index contributed by atoms with van der Waals surface area (Å²) in [4.78, 5) is 15.8. The summed E-state index contributed by atoms with van der Waals surface area (Å²) in [6, 6.07) is 22.8. The highest BCUT2D eigenvalue weighted by Crippen LogP contribution is 2.44. The first-order chi connectivity index (χ1) is 14.2. The van der Waals surface area contributed by atoms with E-state index in [1.54, 1.807) is 11.3 Å². The Morgan fingerprint density at radius 3 is 2.62 bits per heavy atom. The molecule has 5 rings (SSSR count). The Morgan fingerprint density at radius 2 is 1.79 bits per heavy atom. The van der Waals surface area contributed by atoms with Gasteiger partial charge in [0, 0.05) is 35.6 Å². The average Bonchev–Trinajstić information content (AvgIpc) is 3.08. The smallest absolute Gasteiger partial charge is 0.151 e. The van der Waals surface area contributed by atoms with Gasteiger partial charge in [0.25, 0.3) is 0 Å². The molecule has 2 heterocycles. The standard InChI is InChI=1S/C25H22N2OS/c26-25-24(20-11-10-18-8-4-5-9-19(18)22(20)16-28)21-12-13-27(15-23(21)29-25)14-17-6-2-1-3-7-17/h1-11,16H,12-15,26H2. The van der Waals surface area contributed by atoms with Crippen molar-refractivity contribution in [1.29, 1.82) is 0 Å². The number of rotatable bonds is 4. The highest BCUT2D eigenvalue weighted by molar-refractivity contribution is 7.16. The van der Waals surface area contributed by atoms with Crippen LogP contribution in [0.4, 0.5) is 5.00 Å². The number of thiophene rings is 1. The molecule has 1 aliphatic heterocycles. The molecule has 0 unspecified atom stereocenters. The summed E-state index contributed by atoms with van der Waals surface area (Å²) in [6.07, 6.45) is 1.93. The molecule has 0 saturated carbocycles. The predicted octanol–water partition coefficient (Wildman–Crippen LogP) is 5.52. The lowest BCUT2D eigenvalue weighted by Gasteiger charge is -2.27. The Morgan fingerprint density at radius 1 is 1.00 bits per heavy atom. The molecule has 1 aliphatic rings. The lowest BCUT2D eigenvalue weighted by atomic mass is 9.91. The zero-order valence-corrected chi connectivity index (χ0v) is 16.9.